The zero-order valence-electron chi connectivity index (χ0n) is 11.2. The van der Waals surface area contributed by atoms with Crippen molar-refractivity contribution in [3.8, 4) is 0 Å². The van der Waals surface area contributed by atoms with Gasteiger partial charge in [-0.15, -0.1) is 0 Å². The molecule has 4 heteroatoms. The molecule has 1 fully saturated rings. The molecule has 0 unspecified atom stereocenters. The highest BCUT2D eigenvalue weighted by Crippen LogP contribution is 2.35. The SMILES string of the molecule is CC1(C(=O)NOCc2ccccc2F)CCCCC1. The summed E-state index contributed by atoms with van der Waals surface area (Å²) in [6.07, 6.45) is 5.14. The number of hydrogen-bond donors (Lipinski definition) is 1. The largest absolute Gasteiger partial charge is 0.272 e. The molecule has 0 saturated heterocycles. The molecular formula is C15H20FNO2. The van der Waals surface area contributed by atoms with E-state index in [1.165, 1.54) is 12.5 Å². The Bertz CT molecular complexity index is 442. The topological polar surface area (TPSA) is 38.3 Å². The Kier molecular flexibility index (Phi) is 4.53. The lowest BCUT2D eigenvalue weighted by molar-refractivity contribution is -0.146. The lowest BCUT2D eigenvalue weighted by Gasteiger charge is -2.31. The lowest BCUT2D eigenvalue weighted by atomic mass is 9.75. The molecule has 3 nitrogen and oxygen atoms in total. The van der Waals surface area contributed by atoms with Gasteiger partial charge in [0.25, 0.3) is 0 Å². The highest BCUT2D eigenvalue weighted by molar-refractivity contribution is 5.81. The Morgan fingerprint density at radius 2 is 2.00 bits per heavy atom. The first-order chi connectivity index (χ1) is 9.12. The predicted molar refractivity (Wildman–Crippen MR) is 70.5 cm³/mol. The number of benzene rings is 1. The van der Waals surface area contributed by atoms with Crippen LogP contribution in [-0.4, -0.2) is 5.91 Å². The molecule has 1 aromatic rings. The number of hydroxylamine groups is 1. The van der Waals surface area contributed by atoms with Gasteiger partial charge in [-0.3, -0.25) is 9.63 Å². The van der Waals surface area contributed by atoms with Gasteiger partial charge in [0.15, 0.2) is 0 Å². The molecule has 0 aliphatic heterocycles. The first-order valence-corrected chi connectivity index (χ1v) is 6.77. The van der Waals surface area contributed by atoms with E-state index in [-0.39, 0.29) is 23.7 Å². The molecule has 1 N–H and O–H groups in total. The average Bonchev–Trinajstić information content (AvgIpc) is 2.41. The molecule has 1 amide bonds. The van der Waals surface area contributed by atoms with Crippen LogP contribution in [0.5, 0.6) is 0 Å². The van der Waals surface area contributed by atoms with Gasteiger partial charge in [-0.2, -0.15) is 0 Å². The van der Waals surface area contributed by atoms with Crippen molar-refractivity contribution >= 4 is 5.91 Å². The number of nitrogens with one attached hydrogen (secondary N) is 1. The minimum atomic E-state index is -0.340. The number of amides is 1. The van der Waals surface area contributed by atoms with Crippen molar-refractivity contribution in [2.45, 2.75) is 45.6 Å². The zero-order valence-corrected chi connectivity index (χ0v) is 11.2. The van der Waals surface area contributed by atoms with Crippen molar-refractivity contribution in [1.29, 1.82) is 0 Å². The Hall–Kier alpha value is -1.42. The third-order valence-electron chi connectivity index (χ3n) is 3.86. The van der Waals surface area contributed by atoms with Crippen molar-refractivity contribution in [3.05, 3.63) is 35.6 Å². The van der Waals surface area contributed by atoms with Gasteiger partial charge in [0.1, 0.15) is 12.4 Å². The lowest BCUT2D eigenvalue weighted by Crippen LogP contribution is -2.40. The second-order valence-electron chi connectivity index (χ2n) is 5.43. The standard InChI is InChI=1S/C15H20FNO2/c1-15(9-5-2-6-10-15)14(18)17-19-11-12-7-3-4-8-13(12)16/h3-4,7-8H,2,5-6,9-11H2,1H3,(H,17,18). The molecule has 1 aliphatic carbocycles. The van der Waals surface area contributed by atoms with Crippen LogP contribution >= 0.6 is 0 Å². The molecule has 0 bridgehead atoms. The summed E-state index contributed by atoms with van der Waals surface area (Å²) in [6.45, 7) is 2.02. The normalized spacial score (nSPS) is 18.0. The second-order valence-corrected chi connectivity index (χ2v) is 5.43. The first kappa shape index (κ1) is 14.0. The second kappa shape index (κ2) is 6.15. The molecular weight excluding hydrogens is 245 g/mol. The molecule has 0 atom stereocenters. The minimum absolute atomic E-state index is 0.0501. The first-order valence-electron chi connectivity index (χ1n) is 6.77. The van der Waals surface area contributed by atoms with Crippen molar-refractivity contribution < 1.29 is 14.0 Å². The maximum absolute atomic E-state index is 13.4. The Morgan fingerprint density at radius 1 is 1.32 bits per heavy atom. The van der Waals surface area contributed by atoms with Crippen molar-refractivity contribution in [2.75, 3.05) is 0 Å². The highest BCUT2D eigenvalue weighted by Gasteiger charge is 2.34. The van der Waals surface area contributed by atoms with Crippen molar-refractivity contribution in [3.63, 3.8) is 0 Å². The fourth-order valence-electron chi connectivity index (χ4n) is 2.48. The van der Waals surface area contributed by atoms with Crippen LogP contribution in [0.2, 0.25) is 0 Å². The monoisotopic (exact) mass is 265 g/mol. The van der Waals surface area contributed by atoms with Crippen LogP contribution in [0, 0.1) is 11.2 Å². The number of carbonyl (C=O) groups excluding carboxylic acids is 1. The third kappa shape index (κ3) is 3.53. The number of rotatable bonds is 4. The molecule has 0 radical (unpaired) electrons. The van der Waals surface area contributed by atoms with Gasteiger partial charge in [0.05, 0.1) is 0 Å². The number of carbonyl (C=O) groups is 1. The van der Waals surface area contributed by atoms with Crippen molar-refractivity contribution in [2.24, 2.45) is 5.41 Å². The Balaban J connectivity index is 1.82. The van der Waals surface area contributed by atoms with Crippen LogP contribution in [0.1, 0.15) is 44.6 Å². The zero-order chi connectivity index (χ0) is 13.7. The highest BCUT2D eigenvalue weighted by atomic mass is 19.1. The van der Waals surface area contributed by atoms with Crippen LogP contribution < -0.4 is 5.48 Å². The Morgan fingerprint density at radius 3 is 2.68 bits per heavy atom. The van der Waals surface area contributed by atoms with E-state index >= 15 is 0 Å². The maximum atomic E-state index is 13.4. The fraction of sp³-hybridized carbons (Fsp3) is 0.533. The van der Waals surface area contributed by atoms with E-state index < -0.39 is 0 Å². The van der Waals surface area contributed by atoms with Gasteiger partial charge in [0.2, 0.25) is 5.91 Å². The van der Waals surface area contributed by atoms with E-state index in [0.29, 0.717) is 5.56 Å². The summed E-state index contributed by atoms with van der Waals surface area (Å²) in [6, 6.07) is 6.39. The molecule has 19 heavy (non-hydrogen) atoms. The minimum Gasteiger partial charge on any atom is -0.272 e. The van der Waals surface area contributed by atoms with E-state index in [9.17, 15) is 9.18 Å². The maximum Gasteiger partial charge on any atom is 0.249 e. The van der Waals surface area contributed by atoms with Crippen LogP contribution in [0.3, 0.4) is 0 Å². The van der Waals surface area contributed by atoms with Gasteiger partial charge in [-0.25, -0.2) is 9.87 Å². The number of halogens is 1. The van der Waals surface area contributed by atoms with Gasteiger partial charge in [-0.1, -0.05) is 44.4 Å². The summed E-state index contributed by atoms with van der Waals surface area (Å²) in [5.74, 6) is -0.413. The molecule has 1 aliphatic rings. The molecule has 0 heterocycles. The van der Waals surface area contributed by atoms with Crippen LogP contribution in [-0.2, 0) is 16.2 Å². The average molecular weight is 265 g/mol. The molecule has 1 saturated carbocycles. The third-order valence-corrected chi connectivity index (χ3v) is 3.86. The van der Waals surface area contributed by atoms with Gasteiger partial charge in [-0.05, 0) is 18.9 Å². The van der Waals surface area contributed by atoms with E-state index in [1.54, 1.807) is 18.2 Å². The summed E-state index contributed by atoms with van der Waals surface area (Å²) < 4.78 is 13.4. The van der Waals surface area contributed by atoms with E-state index in [1.807, 2.05) is 6.92 Å². The summed E-state index contributed by atoms with van der Waals surface area (Å²) in [4.78, 5) is 17.2. The van der Waals surface area contributed by atoms with Crippen LogP contribution in [0.15, 0.2) is 24.3 Å². The molecule has 0 spiro atoms. The quantitative estimate of drug-likeness (QED) is 0.848. The number of hydrogen-bond acceptors (Lipinski definition) is 2. The van der Waals surface area contributed by atoms with E-state index in [4.69, 9.17) is 4.84 Å². The summed E-state index contributed by atoms with van der Waals surface area (Å²) >= 11 is 0. The van der Waals surface area contributed by atoms with Crippen LogP contribution in [0.25, 0.3) is 0 Å². The molecule has 1 aromatic carbocycles. The van der Waals surface area contributed by atoms with Gasteiger partial charge < -0.3 is 0 Å². The Labute approximate surface area is 113 Å². The smallest absolute Gasteiger partial charge is 0.249 e. The molecule has 2 rings (SSSR count). The summed E-state index contributed by atoms with van der Waals surface area (Å²) in [5, 5.41) is 0. The summed E-state index contributed by atoms with van der Waals surface area (Å²) in [5.41, 5.74) is 2.56. The van der Waals surface area contributed by atoms with Crippen molar-refractivity contribution in [1.82, 2.24) is 5.48 Å². The van der Waals surface area contributed by atoms with Gasteiger partial charge in [0, 0.05) is 11.0 Å². The molecule has 0 aromatic heterocycles. The summed E-state index contributed by atoms with van der Waals surface area (Å²) in [7, 11) is 0. The van der Waals surface area contributed by atoms with E-state index in [0.717, 1.165) is 25.7 Å². The fourth-order valence-corrected chi connectivity index (χ4v) is 2.48. The molecule has 104 valence electrons. The van der Waals surface area contributed by atoms with E-state index in [2.05, 4.69) is 5.48 Å². The van der Waals surface area contributed by atoms with Gasteiger partial charge >= 0.3 is 0 Å². The predicted octanol–water partition coefficient (Wildman–Crippen LogP) is 3.34. The van der Waals surface area contributed by atoms with Crippen LogP contribution in [0.4, 0.5) is 4.39 Å².